The number of carbonyl (C=O) groups excluding carboxylic acids is 1. The van der Waals surface area contributed by atoms with Crippen molar-refractivity contribution < 1.29 is 23.0 Å². The zero-order valence-corrected chi connectivity index (χ0v) is 19.2. The fourth-order valence-corrected chi connectivity index (χ4v) is 3.90. The number of Topliss-reactive ketones (excluding diaryl/α,β-unsaturated/α-hetero) is 1. The molecule has 2 heterocycles. The van der Waals surface area contributed by atoms with Crippen LogP contribution in [0.5, 0.6) is 11.6 Å². The van der Waals surface area contributed by atoms with Crippen LogP contribution in [0.4, 0.5) is 8.78 Å². The molecule has 8 heteroatoms. The van der Waals surface area contributed by atoms with E-state index in [4.69, 9.17) is 9.47 Å². The number of ether oxygens (including phenoxy) is 2. The maximum Gasteiger partial charge on any atom is 0.264 e. The zero-order chi connectivity index (χ0) is 24.2. The molecule has 0 amide bonds. The molecular weight excluding hydrogens is 440 g/mol. The van der Waals surface area contributed by atoms with Gasteiger partial charge in [-0.25, -0.2) is 13.5 Å². The van der Waals surface area contributed by atoms with Gasteiger partial charge in [0.05, 0.1) is 12.5 Å². The number of benzene rings is 2. The summed E-state index contributed by atoms with van der Waals surface area (Å²) in [6.45, 7) is 1.69. The number of halogens is 2. The van der Waals surface area contributed by atoms with Crippen LogP contribution in [0.1, 0.15) is 36.8 Å². The first-order chi connectivity index (χ1) is 16.4. The summed E-state index contributed by atoms with van der Waals surface area (Å²) in [6.07, 6.45) is -2.51. The Kier molecular flexibility index (Phi) is 6.86. The summed E-state index contributed by atoms with van der Waals surface area (Å²) in [5.41, 5.74) is 2.18. The molecule has 176 valence electrons. The van der Waals surface area contributed by atoms with Crippen LogP contribution in [0.15, 0.2) is 60.7 Å². The van der Waals surface area contributed by atoms with Crippen molar-refractivity contribution >= 4 is 16.8 Å². The molecule has 0 N–H and O–H groups in total. The molecule has 2 aromatic heterocycles. The lowest BCUT2D eigenvalue weighted by molar-refractivity contribution is -0.121. The van der Waals surface area contributed by atoms with Gasteiger partial charge in [-0.3, -0.25) is 4.79 Å². The Bertz CT molecular complexity index is 1290. The Morgan fingerprint density at radius 1 is 1.09 bits per heavy atom. The van der Waals surface area contributed by atoms with Gasteiger partial charge >= 0.3 is 0 Å². The van der Waals surface area contributed by atoms with Gasteiger partial charge in [-0.15, -0.1) is 0 Å². The second kappa shape index (κ2) is 9.99. The molecule has 4 rings (SSSR count). The minimum atomic E-state index is -2.76. The molecule has 34 heavy (non-hydrogen) atoms. The first-order valence-corrected chi connectivity index (χ1v) is 10.9. The molecule has 2 aromatic carbocycles. The minimum Gasteiger partial charge on any atom is -0.497 e. The summed E-state index contributed by atoms with van der Waals surface area (Å²) in [7, 11) is 3.24. The molecule has 0 saturated carbocycles. The lowest BCUT2D eigenvalue weighted by Crippen LogP contribution is -2.14. The summed E-state index contributed by atoms with van der Waals surface area (Å²) >= 11 is 0. The summed E-state index contributed by atoms with van der Waals surface area (Å²) in [5, 5.41) is 4.69. The first-order valence-electron chi connectivity index (χ1n) is 10.9. The van der Waals surface area contributed by atoms with Gasteiger partial charge in [0, 0.05) is 30.7 Å². The normalized spacial score (nSPS) is 12.2. The Morgan fingerprint density at radius 2 is 1.79 bits per heavy atom. The van der Waals surface area contributed by atoms with Crippen molar-refractivity contribution in [2.45, 2.75) is 25.7 Å². The van der Waals surface area contributed by atoms with Gasteiger partial charge in [0.1, 0.15) is 18.1 Å². The van der Waals surface area contributed by atoms with Gasteiger partial charge in [-0.05, 0) is 23.6 Å². The predicted molar refractivity (Wildman–Crippen MR) is 125 cm³/mol. The standard InChI is InChI=1S/C26H25F2N3O3/c1-16(17-9-11-20(33-3)12-10-17)13-19(32)15-34-22-14-21(25(27)28)23-24(18-7-5-4-6-8-18)30-31(2)26(23)29-22/h4-12,14,16,25H,13,15H2,1-3H3/t16-/m1/s1. The molecule has 0 fully saturated rings. The minimum absolute atomic E-state index is 0.0282. The maximum absolute atomic E-state index is 14.0. The van der Waals surface area contributed by atoms with Gasteiger partial charge in [-0.1, -0.05) is 49.4 Å². The molecule has 0 aliphatic carbocycles. The molecule has 0 unspecified atom stereocenters. The fourth-order valence-electron chi connectivity index (χ4n) is 3.90. The van der Waals surface area contributed by atoms with E-state index in [2.05, 4.69) is 10.1 Å². The highest BCUT2D eigenvalue weighted by atomic mass is 19.3. The van der Waals surface area contributed by atoms with Crippen molar-refractivity contribution in [2.24, 2.45) is 7.05 Å². The number of hydrogen-bond acceptors (Lipinski definition) is 5. The smallest absolute Gasteiger partial charge is 0.264 e. The number of ketones is 1. The van der Waals surface area contributed by atoms with Crippen LogP contribution in [-0.4, -0.2) is 34.3 Å². The van der Waals surface area contributed by atoms with Gasteiger partial charge in [-0.2, -0.15) is 10.1 Å². The lowest BCUT2D eigenvalue weighted by atomic mass is 9.96. The van der Waals surface area contributed by atoms with Gasteiger partial charge < -0.3 is 9.47 Å². The largest absolute Gasteiger partial charge is 0.497 e. The molecule has 4 aromatic rings. The zero-order valence-electron chi connectivity index (χ0n) is 19.2. The summed E-state index contributed by atoms with van der Waals surface area (Å²) in [4.78, 5) is 16.9. The third-order valence-corrected chi connectivity index (χ3v) is 5.68. The van der Waals surface area contributed by atoms with Gasteiger partial charge in [0.2, 0.25) is 5.88 Å². The Balaban J connectivity index is 1.53. The molecular formula is C26H25F2N3O3. The van der Waals surface area contributed by atoms with Crippen LogP contribution in [-0.2, 0) is 11.8 Å². The number of aryl methyl sites for hydroxylation is 1. The van der Waals surface area contributed by atoms with E-state index in [1.807, 2.05) is 61.5 Å². The van der Waals surface area contributed by atoms with E-state index in [0.29, 0.717) is 11.3 Å². The molecule has 0 aliphatic rings. The number of alkyl halides is 2. The van der Waals surface area contributed by atoms with Crippen LogP contribution in [0.3, 0.4) is 0 Å². The second-order valence-corrected chi connectivity index (χ2v) is 8.09. The number of aromatic nitrogens is 3. The third-order valence-electron chi connectivity index (χ3n) is 5.68. The number of nitrogens with zero attached hydrogens (tertiary/aromatic N) is 3. The van der Waals surface area contributed by atoms with Crippen LogP contribution >= 0.6 is 0 Å². The highest BCUT2D eigenvalue weighted by Crippen LogP contribution is 2.36. The fraction of sp³-hybridized carbons (Fsp3) is 0.269. The number of fused-ring (bicyclic) bond motifs is 1. The summed E-state index contributed by atoms with van der Waals surface area (Å²) in [5.74, 6) is 0.529. The van der Waals surface area contributed by atoms with Crippen LogP contribution in [0.25, 0.3) is 22.3 Å². The van der Waals surface area contributed by atoms with Crippen LogP contribution in [0, 0.1) is 0 Å². The summed E-state index contributed by atoms with van der Waals surface area (Å²) in [6, 6.07) is 17.8. The number of methoxy groups -OCH3 is 1. The van der Waals surface area contributed by atoms with Crippen LogP contribution < -0.4 is 9.47 Å². The van der Waals surface area contributed by atoms with Crippen molar-refractivity contribution in [2.75, 3.05) is 13.7 Å². The van der Waals surface area contributed by atoms with E-state index in [9.17, 15) is 13.6 Å². The molecule has 0 bridgehead atoms. The average Bonchev–Trinajstić information content (AvgIpc) is 3.19. The predicted octanol–water partition coefficient (Wildman–Crippen LogP) is 5.72. The average molecular weight is 466 g/mol. The number of pyridine rings is 1. The quantitative estimate of drug-likeness (QED) is 0.316. The SMILES string of the molecule is COc1ccc([C@H](C)CC(=O)COc2cc(C(F)F)c3c(-c4ccccc4)nn(C)c3n2)cc1. The first kappa shape index (κ1) is 23.4. The summed E-state index contributed by atoms with van der Waals surface area (Å²) < 4.78 is 40.2. The number of hydrogen-bond donors (Lipinski definition) is 0. The third kappa shape index (κ3) is 4.90. The Labute approximate surface area is 196 Å². The van der Waals surface area contributed by atoms with Crippen molar-refractivity contribution in [1.29, 1.82) is 0 Å². The van der Waals surface area contributed by atoms with Crippen LogP contribution in [0.2, 0.25) is 0 Å². The van der Waals surface area contributed by atoms with Crippen molar-refractivity contribution in [3.63, 3.8) is 0 Å². The molecule has 0 aliphatic heterocycles. The van der Waals surface area contributed by atoms with E-state index < -0.39 is 6.43 Å². The second-order valence-electron chi connectivity index (χ2n) is 8.09. The molecule has 6 nitrogen and oxygen atoms in total. The Hall–Kier alpha value is -3.81. The lowest BCUT2D eigenvalue weighted by Gasteiger charge is -2.13. The highest BCUT2D eigenvalue weighted by Gasteiger charge is 2.23. The number of carbonyl (C=O) groups is 1. The van der Waals surface area contributed by atoms with Crippen molar-refractivity contribution in [3.05, 3.63) is 71.8 Å². The van der Waals surface area contributed by atoms with Gasteiger partial charge in [0.25, 0.3) is 6.43 Å². The van der Waals surface area contributed by atoms with Gasteiger partial charge in [0.15, 0.2) is 11.4 Å². The highest BCUT2D eigenvalue weighted by molar-refractivity contribution is 5.94. The van der Waals surface area contributed by atoms with Crippen molar-refractivity contribution in [1.82, 2.24) is 14.8 Å². The van der Waals surface area contributed by atoms with Crippen molar-refractivity contribution in [3.8, 4) is 22.9 Å². The maximum atomic E-state index is 14.0. The molecule has 0 spiro atoms. The monoisotopic (exact) mass is 465 g/mol. The molecule has 1 atom stereocenters. The van der Waals surface area contributed by atoms with E-state index in [-0.39, 0.29) is 47.2 Å². The Morgan fingerprint density at radius 3 is 2.44 bits per heavy atom. The molecule has 0 radical (unpaired) electrons. The van der Waals surface area contributed by atoms with E-state index >= 15 is 0 Å². The topological polar surface area (TPSA) is 66.2 Å². The van der Waals surface area contributed by atoms with E-state index in [0.717, 1.165) is 11.3 Å². The number of rotatable bonds is 9. The van der Waals surface area contributed by atoms with E-state index in [1.165, 1.54) is 10.7 Å². The van der Waals surface area contributed by atoms with E-state index in [1.54, 1.807) is 14.2 Å². The molecule has 0 saturated heterocycles.